The summed E-state index contributed by atoms with van der Waals surface area (Å²) in [5, 5.41) is 14.5. The third-order valence-electron chi connectivity index (χ3n) is 9.31. The zero-order chi connectivity index (χ0) is 33.1. The first-order valence-corrected chi connectivity index (χ1v) is 16.6. The summed E-state index contributed by atoms with van der Waals surface area (Å²) in [5.74, 6) is 1.37. The molecule has 1 fully saturated rings. The van der Waals surface area contributed by atoms with Gasteiger partial charge in [-0.1, -0.05) is 39.0 Å². The van der Waals surface area contributed by atoms with E-state index < -0.39 is 12.1 Å². The van der Waals surface area contributed by atoms with Gasteiger partial charge in [0.05, 0.1) is 12.1 Å². The van der Waals surface area contributed by atoms with Crippen LogP contribution in [0.2, 0.25) is 0 Å². The minimum atomic E-state index is -0.826. The first kappa shape index (κ1) is 33.9. The van der Waals surface area contributed by atoms with E-state index in [0.717, 1.165) is 66.8 Å². The van der Waals surface area contributed by atoms with Gasteiger partial charge in [-0.05, 0) is 115 Å². The van der Waals surface area contributed by atoms with Crippen LogP contribution in [0.25, 0.3) is 11.1 Å². The Balaban J connectivity index is 1.48. The molecule has 1 amide bonds. The number of rotatable bonds is 12. The van der Waals surface area contributed by atoms with E-state index >= 15 is 0 Å². The number of benzene rings is 2. The smallest absolute Gasteiger partial charge is 0.246 e. The van der Waals surface area contributed by atoms with E-state index in [-0.39, 0.29) is 35.3 Å². The van der Waals surface area contributed by atoms with E-state index in [4.69, 9.17) is 9.47 Å². The maximum Gasteiger partial charge on any atom is 0.246 e. The molecule has 1 spiro atoms. The molecule has 0 radical (unpaired) electrons. The molecule has 3 atom stereocenters. The van der Waals surface area contributed by atoms with Crippen LogP contribution in [0.15, 0.2) is 54.7 Å². The number of ether oxygens (including phenoxy) is 2. The van der Waals surface area contributed by atoms with Crippen molar-refractivity contribution >= 4 is 11.7 Å². The number of halogens is 1. The molecule has 248 valence electrons. The topological polar surface area (TPSA) is 83.9 Å². The average Bonchev–Trinajstić information content (AvgIpc) is 2.97. The number of anilines is 1. The second-order valence-corrected chi connectivity index (χ2v) is 14.7. The first-order valence-electron chi connectivity index (χ1n) is 16.6. The van der Waals surface area contributed by atoms with Crippen molar-refractivity contribution in [1.29, 1.82) is 0 Å². The van der Waals surface area contributed by atoms with Crippen LogP contribution in [0.3, 0.4) is 0 Å². The van der Waals surface area contributed by atoms with Crippen LogP contribution in [0.4, 0.5) is 10.2 Å². The Kier molecular flexibility index (Phi) is 10.4. The van der Waals surface area contributed by atoms with Gasteiger partial charge in [0.25, 0.3) is 0 Å². The number of methoxy groups -OCH3 is 1. The van der Waals surface area contributed by atoms with Gasteiger partial charge in [0.15, 0.2) is 0 Å². The number of pyridine rings is 1. The molecule has 0 saturated heterocycles. The summed E-state index contributed by atoms with van der Waals surface area (Å²) >= 11 is 0. The van der Waals surface area contributed by atoms with Crippen molar-refractivity contribution < 1.29 is 23.8 Å². The highest BCUT2D eigenvalue weighted by Crippen LogP contribution is 2.54. The Bertz CT molecular complexity index is 1510. The van der Waals surface area contributed by atoms with Crippen molar-refractivity contribution in [2.45, 2.75) is 95.8 Å². The highest BCUT2D eigenvalue weighted by atomic mass is 19.1. The Hall–Kier alpha value is -3.49. The average molecular weight is 632 g/mol. The summed E-state index contributed by atoms with van der Waals surface area (Å²) in [6.45, 7) is 6.67. The monoisotopic (exact) mass is 631 g/mol. The van der Waals surface area contributed by atoms with Crippen LogP contribution in [0.5, 0.6) is 5.75 Å². The zero-order valence-electron chi connectivity index (χ0n) is 28.2. The number of hydrogen-bond acceptors (Lipinski definition) is 6. The van der Waals surface area contributed by atoms with Crippen molar-refractivity contribution in [3.63, 3.8) is 0 Å². The maximum absolute atomic E-state index is 14.0. The van der Waals surface area contributed by atoms with Gasteiger partial charge in [0.2, 0.25) is 5.91 Å². The van der Waals surface area contributed by atoms with E-state index in [0.29, 0.717) is 12.8 Å². The fourth-order valence-corrected chi connectivity index (χ4v) is 7.00. The van der Waals surface area contributed by atoms with Crippen molar-refractivity contribution in [2.75, 3.05) is 32.7 Å². The van der Waals surface area contributed by atoms with Crippen LogP contribution < -0.4 is 15.0 Å². The lowest BCUT2D eigenvalue weighted by Gasteiger charge is -2.49. The summed E-state index contributed by atoms with van der Waals surface area (Å²) in [4.78, 5) is 19.1. The second kappa shape index (κ2) is 14.1. The fourth-order valence-electron chi connectivity index (χ4n) is 7.00. The molecule has 2 aromatic carbocycles. The van der Waals surface area contributed by atoms with Gasteiger partial charge in [-0.2, -0.15) is 0 Å². The highest BCUT2D eigenvalue weighted by Gasteiger charge is 2.46. The zero-order valence-corrected chi connectivity index (χ0v) is 28.2. The number of aliphatic hydroxyl groups is 1. The number of nitrogens with zero attached hydrogens (tertiary/aromatic N) is 2. The van der Waals surface area contributed by atoms with E-state index in [9.17, 15) is 14.3 Å². The number of amides is 1. The Morgan fingerprint density at radius 3 is 2.61 bits per heavy atom. The standard InChI is InChI=1S/C38H50FN3O4/c1-37(2,3)22-26-18-30(27-13-16-40-34(21-27)42(4)5)36-31(19-26)28(23-38(46-36)14-8-15-38)11-12-33(43)32(41-35(44)24-45-6)20-25-9-7-10-29(39)17-25/h7,9-10,13,16-19,21,28,32-33,43H,8,11-12,14-15,20,22-24H2,1-6H3,(H,41,44)/t28-,32-,33+/m0/s1. The molecular weight excluding hydrogens is 581 g/mol. The third kappa shape index (κ3) is 8.26. The normalized spacial score (nSPS) is 18.2. The molecule has 2 N–H and O–H groups in total. The molecule has 2 aliphatic rings. The van der Waals surface area contributed by atoms with Crippen molar-refractivity contribution in [3.8, 4) is 16.9 Å². The Morgan fingerprint density at radius 1 is 1.17 bits per heavy atom. The predicted molar refractivity (Wildman–Crippen MR) is 181 cm³/mol. The summed E-state index contributed by atoms with van der Waals surface area (Å²) in [7, 11) is 5.46. The number of carbonyl (C=O) groups is 1. The maximum atomic E-state index is 14.0. The number of carbonyl (C=O) groups excluding carboxylic acids is 1. The van der Waals surface area contributed by atoms with Crippen LogP contribution >= 0.6 is 0 Å². The van der Waals surface area contributed by atoms with Crippen LogP contribution in [-0.4, -0.2) is 61.6 Å². The lowest BCUT2D eigenvalue weighted by atomic mass is 9.69. The number of fused-ring (bicyclic) bond motifs is 1. The lowest BCUT2D eigenvalue weighted by molar-refractivity contribution is -0.126. The first-order chi connectivity index (χ1) is 21.8. The number of hydrogen-bond donors (Lipinski definition) is 2. The van der Waals surface area contributed by atoms with Gasteiger partial charge in [-0.3, -0.25) is 4.79 Å². The Labute approximate surface area is 273 Å². The van der Waals surface area contributed by atoms with E-state index in [2.05, 4.69) is 55.3 Å². The lowest BCUT2D eigenvalue weighted by Crippen LogP contribution is -2.48. The predicted octanol–water partition coefficient (Wildman–Crippen LogP) is 6.85. The Morgan fingerprint density at radius 2 is 1.96 bits per heavy atom. The number of aliphatic hydroxyl groups excluding tert-OH is 1. The third-order valence-corrected chi connectivity index (χ3v) is 9.31. The van der Waals surface area contributed by atoms with Gasteiger partial charge in [-0.15, -0.1) is 0 Å². The van der Waals surface area contributed by atoms with Gasteiger partial charge in [0.1, 0.15) is 29.6 Å². The minimum Gasteiger partial charge on any atom is -0.486 e. The second-order valence-electron chi connectivity index (χ2n) is 14.7. The van der Waals surface area contributed by atoms with Crippen molar-refractivity contribution in [2.24, 2.45) is 5.41 Å². The summed E-state index contributed by atoms with van der Waals surface area (Å²) in [6, 6.07) is 14.6. The molecule has 46 heavy (non-hydrogen) atoms. The quantitative estimate of drug-likeness (QED) is 0.228. The van der Waals surface area contributed by atoms with Crippen LogP contribution in [0.1, 0.15) is 81.9 Å². The van der Waals surface area contributed by atoms with Gasteiger partial charge >= 0.3 is 0 Å². The summed E-state index contributed by atoms with van der Waals surface area (Å²) < 4.78 is 26.0. The van der Waals surface area contributed by atoms with Crippen LogP contribution in [-0.2, 0) is 22.4 Å². The van der Waals surface area contributed by atoms with Crippen molar-refractivity contribution in [1.82, 2.24) is 10.3 Å². The van der Waals surface area contributed by atoms with E-state index in [1.54, 1.807) is 6.07 Å². The molecule has 1 saturated carbocycles. The number of nitrogens with one attached hydrogen (secondary N) is 1. The molecule has 5 rings (SSSR count). The summed E-state index contributed by atoms with van der Waals surface area (Å²) in [6.07, 6.45) is 7.56. The molecule has 1 aliphatic heterocycles. The highest BCUT2D eigenvalue weighted by molar-refractivity contribution is 5.77. The van der Waals surface area contributed by atoms with Gasteiger partial charge in [0, 0.05) is 33.0 Å². The molecule has 7 nitrogen and oxygen atoms in total. The van der Waals surface area contributed by atoms with E-state index in [1.165, 1.54) is 30.4 Å². The molecule has 1 aromatic heterocycles. The van der Waals surface area contributed by atoms with Crippen LogP contribution in [0, 0.1) is 11.2 Å². The molecule has 8 heteroatoms. The molecule has 1 aliphatic carbocycles. The molecule has 0 unspecified atom stereocenters. The molecule has 2 heterocycles. The fraction of sp³-hybridized carbons (Fsp3) is 0.526. The van der Waals surface area contributed by atoms with Gasteiger partial charge in [-0.25, -0.2) is 9.37 Å². The van der Waals surface area contributed by atoms with Gasteiger partial charge < -0.3 is 24.8 Å². The van der Waals surface area contributed by atoms with E-state index in [1.807, 2.05) is 31.3 Å². The molecule has 3 aromatic rings. The SMILES string of the molecule is COCC(=O)N[C@@H](Cc1cccc(F)c1)[C@H](O)CC[C@H]1CC2(CCC2)Oc2c(-c3ccnc(N(C)C)c3)cc(CC(C)(C)C)cc21. The number of aromatic nitrogens is 1. The summed E-state index contributed by atoms with van der Waals surface area (Å²) in [5.41, 5.74) is 5.24. The minimum absolute atomic E-state index is 0.0967. The molecular formula is C38H50FN3O4. The largest absolute Gasteiger partial charge is 0.486 e. The van der Waals surface area contributed by atoms with Crippen molar-refractivity contribution in [3.05, 3.63) is 77.2 Å². The molecule has 0 bridgehead atoms.